The maximum Gasteiger partial charge on any atom is 0.250 e. The second-order valence-electron chi connectivity index (χ2n) is 6.52. The van der Waals surface area contributed by atoms with Crippen molar-refractivity contribution in [1.29, 1.82) is 0 Å². The maximum absolute atomic E-state index is 12.1. The van der Waals surface area contributed by atoms with Gasteiger partial charge in [-0.2, -0.15) is 5.10 Å². The van der Waals surface area contributed by atoms with Gasteiger partial charge in [-0.05, 0) is 35.7 Å². The molecule has 3 aromatic carbocycles. The molecule has 0 atom stereocenters. The highest BCUT2D eigenvalue weighted by atomic mass is 32.2. The van der Waals surface area contributed by atoms with Crippen LogP contribution >= 0.6 is 11.8 Å². The van der Waals surface area contributed by atoms with Gasteiger partial charge in [-0.3, -0.25) is 4.79 Å². The molecule has 0 radical (unpaired) electrons. The molecule has 4 rings (SSSR count). The van der Waals surface area contributed by atoms with Crippen molar-refractivity contribution < 1.29 is 4.79 Å². The van der Waals surface area contributed by atoms with E-state index in [1.807, 2.05) is 61.5 Å². The number of H-pyrrole nitrogens is 1. The highest BCUT2D eigenvalue weighted by Gasteiger charge is 2.07. The smallest absolute Gasteiger partial charge is 0.250 e. The van der Waals surface area contributed by atoms with Gasteiger partial charge < -0.3 is 4.98 Å². The number of fused-ring (bicyclic) bond motifs is 1. The third kappa shape index (κ3) is 4.73. The van der Waals surface area contributed by atoms with E-state index in [0.717, 1.165) is 33.0 Å². The summed E-state index contributed by atoms with van der Waals surface area (Å²) in [7, 11) is 0. The molecule has 0 aliphatic heterocycles. The normalized spacial score (nSPS) is 11.6. The van der Waals surface area contributed by atoms with E-state index in [1.165, 1.54) is 17.3 Å². The number of hydrazone groups is 1. The number of imidazole rings is 1. The van der Waals surface area contributed by atoms with Crippen molar-refractivity contribution in [2.75, 3.05) is 5.75 Å². The third-order valence-electron chi connectivity index (χ3n) is 4.47. The summed E-state index contributed by atoms with van der Waals surface area (Å²) in [4.78, 5) is 19.8. The van der Waals surface area contributed by atoms with Crippen molar-refractivity contribution in [2.24, 2.45) is 5.10 Å². The first-order chi connectivity index (χ1) is 14.2. The number of nitrogens with one attached hydrogen (secondary N) is 2. The van der Waals surface area contributed by atoms with Crippen LogP contribution in [0.3, 0.4) is 0 Å². The molecule has 0 fully saturated rings. The van der Waals surface area contributed by atoms with Crippen LogP contribution in [0.25, 0.3) is 22.2 Å². The summed E-state index contributed by atoms with van der Waals surface area (Å²) < 4.78 is 0. The third-order valence-corrected chi connectivity index (χ3v) is 5.34. The Morgan fingerprint density at radius 3 is 2.41 bits per heavy atom. The van der Waals surface area contributed by atoms with Crippen LogP contribution in [0.2, 0.25) is 0 Å². The van der Waals surface area contributed by atoms with Crippen molar-refractivity contribution in [3.8, 4) is 11.1 Å². The summed E-state index contributed by atoms with van der Waals surface area (Å²) in [5, 5.41) is 4.95. The number of amides is 1. The molecule has 1 amide bonds. The van der Waals surface area contributed by atoms with Gasteiger partial charge in [0.1, 0.15) is 0 Å². The lowest BCUT2D eigenvalue weighted by atomic mass is 10.0. The van der Waals surface area contributed by atoms with E-state index in [1.54, 1.807) is 0 Å². The largest absolute Gasteiger partial charge is 0.333 e. The van der Waals surface area contributed by atoms with Crippen LogP contribution in [-0.2, 0) is 4.79 Å². The lowest BCUT2D eigenvalue weighted by Gasteiger charge is -2.05. The lowest BCUT2D eigenvalue weighted by molar-refractivity contribution is -0.118. The van der Waals surface area contributed by atoms with Gasteiger partial charge in [-0.25, -0.2) is 10.4 Å². The molecule has 0 saturated heterocycles. The second kappa shape index (κ2) is 8.75. The van der Waals surface area contributed by atoms with Gasteiger partial charge >= 0.3 is 0 Å². The van der Waals surface area contributed by atoms with E-state index in [4.69, 9.17) is 0 Å². The second-order valence-corrected chi connectivity index (χ2v) is 7.49. The molecule has 1 heterocycles. The molecule has 4 aromatic rings. The van der Waals surface area contributed by atoms with Crippen LogP contribution in [0.1, 0.15) is 12.5 Å². The zero-order valence-corrected chi connectivity index (χ0v) is 16.7. The van der Waals surface area contributed by atoms with Crippen molar-refractivity contribution in [2.45, 2.75) is 12.1 Å². The monoisotopic (exact) mass is 400 g/mol. The summed E-state index contributed by atoms with van der Waals surface area (Å²) in [5.74, 6) is 0.0690. The molecule has 6 heteroatoms. The molecule has 0 aliphatic carbocycles. The Kier molecular flexibility index (Phi) is 5.72. The first kappa shape index (κ1) is 19.0. The molecule has 0 bridgehead atoms. The molecular formula is C23H20N4OS. The molecule has 2 N–H and O–H groups in total. The summed E-state index contributed by atoms with van der Waals surface area (Å²) in [6.45, 7) is 1.88. The minimum atomic E-state index is -0.171. The molecule has 144 valence electrons. The topological polar surface area (TPSA) is 70.1 Å². The fraction of sp³-hybridized carbons (Fsp3) is 0.0870. The molecule has 0 unspecified atom stereocenters. The Labute approximate surface area is 173 Å². The summed E-state index contributed by atoms with van der Waals surface area (Å²) >= 11 is 1.35. The number of hydrogen-bond acceptors (Lipinski definition) is 4. The first-order valence-corrected chi connectivity index (χ1v) is 10.2. The number of aromatic nitrogens is 2. The molecule has 1 aromatic heterocycles. The van der Waals surface area contributed by atoms with Crippen molar-refractivity contribution >= 4 is 34.4 Å². The number of benzene rings is 3. The molecule has 0 saturated carbocycles. The quantitative estimate of drug-likeness (QED) is 0.276. The average molecular weight is 401 g/mol. The van der Waals surface area contributed by atoms with Gasteiger partial charge in [-0.15, -0.1) is 0 Å². The number of carbonyl (C=O) groups is 1. The van der Waals surface area contributed by atoms with Crippen LogP contribution < -0.4 is 5.43 Å². The van der Waals surface area contributed by atoms with E-state index in [9.17, 15) is 4.79 Å². The van der Waals surface area contributed by atoms with Crippen LogP contribution in [0, 0.1) is 0 Å². The van der Waals surface area contributed by atoms with E-state index in [0.29, 0.717) is 0 Å². The van der Waals surface area contributed by atoms with Crippen LogP contribution in [0.15, 0.2) is 89.1 Å². The Bertz CT molecular complexity index is 1120. The number of hydrogen-bond donors (Lipinski definition) is 2. The fourth-order valence-electron chi connectivity index (χ4n) is 2.91. The van der Waals surface area contributed by atoms with Gasteiger partial charge in [0.15, 0.2) is 5.16 Å². The molecule has 29 heavy (non-hydrogen) atoms. The van der Waals surface area contributed by atoms with Crippen molar-refractivity contribution in [1.82, 2.24) is 15.4 Å². The standard InChI is InChI=1S/C23H20N4OS/c1-16(17-11-13-19(14-12-17)18-7-3-2-4-8-18)26-27-22(28)15-29-23-24-20-9-5-6-10-21(20)25-23/h2-14H,15H2,1H3,(H,24,25)(H,27,28)/b26-16-. The van der Waals surface area contributed by atoms with Gasteiger partial charge in [0.2, 0.25) is 0 Å². The number of rotatable bonds is 6. The van der Waals surface area contributed by atoms with Crippen LogP contribution in [0.4, 0.5) is 0 Å². The van der Waals surface area contributed by atoms with E-state index < -0.39 is 0 Å². The first-order valence-electron chi connectivity index (χ1n) is 9.25. The van der Waals surface area contributed by atoms with Gasteiger partial charge in [0.25, 0.3) is 5.91 Å². The summed E-state index contributed by atoms with van der Waals surface area (Å²) in [5.41, 5.74) is 8.51. The maximum atomic E-state index is 12.1. The Balaban J connectivity index is 1.33. The number of carbonyl (C=O) groups excluding carboxylic acids is 1. The van der Waals surface area contributed by atoms with E-state index in [2.05, 4.69) is 44.8 Å². The summed E-state index contributed by atoms with van der Waals surface area (Å²) in [6, 6.07) is 26.1. The number of thioether (sulfide) groups is 1. The Morgan fingerprint density at radius 1 is 0.966 bits per heavy atom. The Hall–Kier alpha value is -3.38. The number of nitrogens with zero attached hydrogens (tertiary/aromatic N) is 2. The zero-order valence-electron chi connectivity index (χ0n) is 15.9. The van der Waals surface area contributed by atoms with Crippen molar-refractivity contribution in [3.63, 3.8) is 0 Å². The van der Waals surface area contributed by atoms with Crippen LogP contribution in [0.5, 0.6) is 0 Å². The van der Waals surface area contributed by atoms with Crippen molar-refractivity contribution in [3.05, 3.63) is 84.4 Å². The lowest BCUT2D eigenvalue weighted by Crippen LogP contribution is -2.21. The van der Waals surface area contributed by atoms with E-state index in [-0.39, 0.29) is 11.7 Å². The minimum Gasteiger partial charge on any atom is -0.333 e. The highest BCUT2D eigenvalue weighted by Crippen LogP contribution is 2.20. The minimum absolute atomic E-state index is 0.171. The highest BCUT2D eigenvalue weighted by molar-refractivity contribution is 7.99. The predicted molar refractivity (Wildman–Crippen MR) is 119 cm³/mol. The Morgan fingerprint density at radius 2 is 1.66 bits per heavy atom. The van der Waals surface area contributed by atoms with Gasteiger partial charge in [-0.1, -0.05) is 78.5 Å². The predicted octanol–water partition coefficient (Wildman–Crippen LogP) is 4.86. The molecule has 5 nitrogen and oxygen atoms in total. The number of aromatic amines is 1. The van der Waals surface area contributed by atoms with Gasteiger partial charge in [0, 0.05) is 0 Å². The van der Waals surface area contributed by atoms with E-state index >= 15 is 0 Å². The zero-order chi connectivity index (χ0) is 20.1. The van der Waals surface area contributed by atoms with Crippen LogP contribution in [-0.4, -0.2) is 27.3 Å². The fourth-order valence-corrected chi connectivity index (χ4v) is 3.59. The molecule has 0 aliphatic rings. The molecule has 0 spiro atoms. The summed E-state index contributed by atoms with van der Waals surface area (Å²) in [6.07, 6.45) is 0. The number of para-hydroxylation sites is 2. The molecular weight excluding hydrogens is 380 g/mol. The average Bonchev–Trinajstić information content (AvgIpc) is 3.20. The van der Waals surface area contributed by atoms with Gasteiger partial charge in [0.05, 0.1) is 22.5 Å². The SMILES string of the molecule is C/C(=N/NC(=O)CSc1nc2ccccc2[nH]1)c1ccc(-c2ccccc2)cc1.